The Bertz CT molecular complexity index is 985. The summed E-state index contributed by atoms with van der Waals surface area (Å²) < 4.78 is 32.1. The van der Waals surface area contributed by atoms with Gasteiger partial charge in [-0.2, -0.15) is 0 Å². The molecule has 0 atom stereocenters. The molecule has 0 unspecified atom stereocenters. The van der Waals surface area contributed by atoms with E-state index in [0.29, 0.717) is 71.4 Å². The summed E-state index contributed by atoms with van der Waals surface area (Å²) in [4.78, 5) is 29.8. The van der Waals surface area contributed by atoms with Crippen LogP contribution in [-0.4, -0.2) is 108 Å². The van der Waals surface area contributed by atoms with E-state index >= 15 is 0 Å². The van der Waals surface area contributed by atoms with Crippen LogP contribution in [0, 0.1) is 5.41 Å². The summed E-state index contributed by atoms with van der Waals surface area (Å²) in [5.41, 5.74) is 1.09. The van der Waals surface area contributed by atoms with Crippen molar-refractivity contribution in [2.45, 2.75) is 33.6 Å². The maximum Gasteiger partial charge on any atom is 0.305 e. The highest BCUT2D eigenvalue weighted by molar-refractivity contribution is 6.02. The second-order valence-corrected chi connectivity index (χ2v) is 10.3. The monoisotopic (exact) mass is 550 g/mol. The average molecular weight is 551 g/mol. The Morgan fingerprint density at radius 2 is 1.49 bits per heavy atom. The summed E-state index contributed by atoms with van der Waals surface area (Å²) in [5.74, 6) is 0.614. The summed E-state index contributed by atoms with van der Waals surface area (Å²) in [7, 11) is 3.63. The highest BCUT2D eigenvalue weighted by Gasteiger charge is 2.24. The fourth-order valence-electron chi connectivity index (χ4n) is 3.62. The molecule has 39 heavy (non-hydrogen) atoms. The Hall–Kier alpha value is -2.50. The SMILES string of the molecule is COCCOCCOCCOCCOC(=O)CCCN(C)CCOc1ccc2[nH]c(C(=O)C(C)(C)C)cc2c1. The number of rotatable bonds is 21. The van der Waals surface area contributed by atoms with Crippen molar-refractivity contribution in [1.29, 1.82) is 0 Å². The summed E-state index contributed by atoms with van der Waals surface area (Å²) in [6.45, 7) is 11.4. The fraction of sp³-hybridized carbons (Fsp3) is 0.655. The molecular formula is C29H46N2O8. The van der Waals surface area contributed by atoms with Gasteiger partial charge in [-0.3, -0.25) is 9.59 Å². The number of aromatic amines is 1. The number of fused-ring (bicyclic) bond motifs is 1. The van der Waals surface area contributed by atoms with Crippen molar-refractivity contribution >= 4 is 22.7 Å². The zero-order chi connectivity index (χ0) is 28.5. The molecule has 0 spiro atoms. The highest BCUT2D eigenvalue weighted by atomic mass is 16.6. The van der Waals surface area contributed by atoms with Gasteiger partial charge in [0.2, 0.25) is 0 Å². The molecule has 1 aromatic heterocycles. The Morgan fingerprint density at radius 1 is 0.846 bits per heavy atom. The lowest BCUT2D eigenvalue weighted by Gasteiger charge is -2.16. The number of ketones is 1. The maximum atomic E-state index is 12.5. The van der Waals surface area contributed by atoms with Gasteiger partial charge in [0.15, 0.2) is 5.78 Å². The first-order valence-electron chi connectivity index (χ1n) is 13.6. The fourth-order valence-corrected chi connectivity index (χ4v) is 3.62. The molecule has 1 aromatic carbocycles. The number of aromatic nitrogens is 1. The molecule has 2 rings (SSSR count). The number of esters is 1. The van der Waals surface area contributed by atoms with E-state index in [0.717, 1.165) is 29.7 Å². The summed E-state index contributed by atoms with van der Waals surface area (Å²) in [6, 6.07) is 7.66. The second kappa shape index (κ2) is 18.0. The lowest BCUT2D eigenvalue weighted by Crippen LogP contribution is -2.26. The quantitative estimate of drug-likeness (QED) is 0.141. The minimum Gasteiger partial charge on any atom is -0.492 e. The number of methoxy groups -OCH3 is 1. The van der Waals surface area contributed by atoms with Crippen LogP contribution in [0.3, 0.4) is 0 Å². The molecule has 0 amide bonds. The van der Waals surface area contributed by atoms with Crippen LogP contribution in [0.4, 0.5) is 0 Å². The standard InChI is InChI=1S/C29H46N2O8/c1-29(2,3)28(33)26-22-23-21-24(8-9-25(23)30-26)38-12-11-31(4)10-6-7-27(32)39-20-19-37-18-17-36-16-15-35-14-13-34-5/h8-9,21-22,30H,6-7,10-20H2,1-5H3. The first kappa shape index (κ1) is 32.7. The molecule has 0 fully saturated rings. The number of hydrogen-bond acceptors (Lipinski definition) is 9. The van der Waals surface area contributed by atoms with E-state index in [1.165, 1.54) is 0 Å². The molecule has 2 aromatic rings. The van der Waals surface area contributed by atoms with Crippen molar-refractivity contribution in [3.8, 4) is 5.75 Å². The van der Waals surface area contributed by atoms with Gasteiger partial charge in [0, 0.05) is 36.4 Å². The topological polar surface area (TPSA) is 109 Å². The number of ether oxygens (including phenoxy) is 6. The first-order valence-corrected chi connectivity index (χ1v) is 13.6. The molecule has 0 radical (unpaired) electrons. The van der Waals surface area contributed by atoms with Crippen molar-refractivity contribution in [3.05, 3.63) is 30.0 Å². The lowest BCUT2D eigenvalue weighted by molar-refractivity contribution is -0.145. The van der Waals surface area contributed by atoms with Gasteiger partial charge < -0.3 is 38.3 Å². The third kappa shape index (κ3) is 13.4. The lowest BCUT2D eigenvalue weighted by atomic mass is 9.89. The number of hydrogen-bond donors (Lipinski definition) is 1. The van der Waals surface area contributed by atoms with Gasteiger partial charge in [0.25, 0.3) is 0 Å². The molecular weight excluding hydrogens is 504 g/mol. The number of likely N-dealkylation sites (N-methyl/N-ethyl adjacent to an activating group) is 1. The number of Topliss-reactive ketones (excluding diaryl/α,β-unsaturated/α-hetero) is 1. The predicted octanol–water partition coefficient (Wildman–Crippen LogP) is 3.73. The molecule has 10 heteroatoms. The number of nitrogens with zero attached hydrogens (tertiary/aromatic N) is 1. The first-order chi connectivity index (χ1) is 18.7. The number of nitrogens with one attached hydrogen (secondary N) is 1. The number of carbonyl (C=O) groups is 2. The number of H-pyrrole nitrogens is 1. The minimum absolute atomic E-state index is 0.0810. The van der Waals surface area contributed by atoms with E-state index in [2.05, 4.69) is 9.88 Å². The minimum atomic E-state index is -0.438. The maximum absolute atomic E-state index is 12.5. The average Bonchev–Trinajstić information content (AvgIpc) is 3.31. The molecule has 0 saturated heterocycles. The predicted molar refractivity (Wildman–Crippen MR) is 150 cm³/mol. The van der Waals surface area contributed by atoms with E-state index in [4.69, 9.17) is 28.4 Å². The van der Waals surface area contributed by atoms with Gasteiger partial charge in [0.1, 0.15) is 19.0 Å². The molecule has 0 bridgehead atoms. The normalized spacial score (nSPS) is 11.8. The van der Waals surface area contributed by atoms with Gasteiger partial charge >= 0.3 is 5.97 Å². The van der Waals surface area contributed by atoms with Gasteiger partial charge in [0.05, 0.1) is 51.9 Å². The van der Waals surface area contributed by atoms with Gasteiger partial charge in [-0.1, -0.05) is 20.8 Å². The van der Waals surface area contributed by atoms with Gasteiger partial charge in [-0.15, -0.1) is 0 Å². The van der Waals surface area contributed by atoms with Crippen molar-refractivity contribution in [3.63, 3.8) is 0 Å². The van der Waals surface area contributed by atoms with Crippen LogP contribution in [0.25, 0.3) is 10.9 Å². The number of carbonyl (C=O) groups excluding carboxylic acids is 2. The van der Waals surface area contributed by atoms with E-state index in [1.54, 1.807) is 7.11 Å². The van der Waals surface area contributed by atoms with Crippen molar-refractivity contribution < 1.29 is 38.0 Å². The molecule has 220 valence electrons. The molecule has 1 N–H and O–H groups in total. The Balaban J connectivity index is 1.49. The Kier molecular flexibility index (Phi) is 15.1. The van der Waals surface area contributed by atoms with Crippen LogP contribution in [0.1, 0.15) is 44.1 Å². The van der Waals surface area contributed by atoms with E-state index in [1.807, 2.05) is 52.1 Å². The van der Waals surface area contributed by atoms with Gasteiger partial charge in [-0.25, -0.2) is 0 Å². The summed E-state index contributed by atoms with van der Waals surface area (Å²) >= 11 is 0. The van der Waals surface area contributed by atoms with Crippen molar-refractivity contribution in [2.24, 2.45) is 5.41 Å². The molecule has 0 aliphatic rings. The van der Waals surface area contributed by atoms with E-state index < -0.39 is 5.41 Å². The van der Waals surface area contributed by atoms with Crippen LogP contribution in [0.2, 0.25) is 0 Å². The molecule has 0 saturated carbocycles. The Morgan fingerprint density at radius 3 is 2.13 bits per heavy atom. The smallest absolute Gasteiger partial charge is 0.305 e. The van der Waals surface area contributed by atoms with Crippen LogP contribution in [0.5, 0.6) is 5.75 Å². The Labute approximate surface area is 232 Å². The molecule has 10 nitrogen and oxygen atoms in total. The van der Waals surface area contributed by atoms with E-state index in [9.17, 15) is 9.59 Å². The highest BCUT2D eigenvalue weighted by Crippen LogP contribution is 2.26. The van der Waals surface area contributed by atoms with Crippen molar-refractivity contribution in [1.82, 2.24) is 9.88 Å². The van der Waals surface area contributed by atoms with Gasteiger partial charge in [-0.05, 0) is 44.3 Å². The van der Waals surface area contributed by atoms with Crippen LogP contribution in [-0.2, 0) is 28.5 Å². The molecule has 0 aliphatic carbocycles. The zero-order valence-corrected chi connectivity index (χ0v) is 24.2. The van der Waals surface area contributed by atoms with Crippen LogP contribution < -0.4 is 4.74 Å². The number of benzene rings is 1. The molecule has 0 aliphatic heterocycles. The largest absolute Gasteiger partial charge is 0.492 e. The zero-order valence-electron chi connectivity index (χ0n) is 24.2. The third-order valence-corrected chi connectivity index (χ3v) is 5.85. The van der Waals surface area contributed by atoms with Crippen LogP contribution >= 0.6 is 0 Å². The van der Waals surface area contributed by atoms with Crippen LogP contribution in [0.15, 0.2) is 24.3 Å². The molecule has 1 heterocycles. The summed E-state index contributed by atoms with van der Waals surface area (Å²) in [6.07, 6.45) is 1.06. The third-order valence-electron chi connectivity index (χ3n) is 5.85. The summed E-state index contributed by atoms with van der Waals surface area (Å²) in [5, 5.41) is 0.949. The second-order valence-electron chi connectivity index (χ2n) is 10.3. The van der Waals surface area contributed by atoms with E-state index in [-0.39, 0.29) is 18.4 Å². The van der Waals surface area contributed by atoms with Crippen molar-refractivity contribution in [2.75, 3.05) is 86.7 Å².